The van der Waals surface area contributed by atoms with Crippen molar-refractivity contribution in [1.29, 1.82) is 0 Å². The summed E-state index contributed by atoms with van der Waals surface area (Å²) >= 11 is 0. The van der Waals surface area contributed by atoms with Crippen LogP contribution in [0.3, 0.4) is 0 Å². The van der Waals surface area contributed by atoms with Crippen molar-refractivity contribution in [3.8, 4) is 0 Å². The molecule has 0 radical (unpaired) electrons. The number of ether oxygens (including phenoxy) is 1. The number of hydrogen-bond acceptors (Lipinski definition) is 3. The van der Waals surface area contributed by atoms with Gasteiger partial charge in [0.2, 0.25) is 5.91 Å². The van der Waals surface area contributed by atoms with Gasteiger partial charge in [-0.2, -0.15) is 0 Å². The van der Waals surface area contributed by atoms with Gasteiger partial charge < -0.3 is 15.4 Å². The van der Waals surface area contributed by atoms with Crippen molar-refractivity contribution in [1.82, 2.24) is 4.90 Å². The van der Waals surface area contributed by atoms with Gasteiger partial charge in [0.25, 0.3) is 0 Å². The van der Waals surface area contributed by atoms with Crippen LogP contribution in [0.15, 0.2) is 30.3 Å². The summed E-state index contributed by atoms with van der Waals surface area (Å²) in [7, 11) is 1.86. The van der Waals surface area contributed by atoms with E-state index in [1.807, 2.05) is 25.2 Å². The van der Waals surface area contributed by atoms with E-state index in [0.29, 0.717) is 12.3 Å². The third-order valence-electron chi connectivity index (χ3n) is 4.15. The van der Waals surface area contributed by atoms with Gasteiger partial charge in [0, 0.05) is 26.8 Å². The van der Waals surface area contributed by atoms with E-state index in [1.54, 1.807) is 4.90 Å². The summed E-state index contributed by atoms with van der Waals surface area (Å²) in [5, 5.41) is 0. The molecular weight excluding hydrogens is 264 g/mol. The molecule has 1 amide bonds. The maximum atomic E-state index is 12.3. The molecule has 21 heavy (non-hydrogen) atoms. The smallest absolute Gasteiger partial charge is 0.239 e. The lowest BCUT2D eigenvalue weighted by Gasteiger charge is -2.28. The molecule has 0 bridgehead atoms. The summed E-state index contributed by atoms with van der Waals surface area (Å²) in [6.07, 6.45) is 3.62. The molecule has 0 unspecified atom stereocenters. The third kappa shape index (κ3) is 5.14. The van der Waals surface area contributed by atoms with Crippen LogP contribution in [0.1, 0.15) is 24.8 Å². The summed E-state index contributed by atoms with van der Waals surface area (Å²) in [4.78, 5) is 14.1. The second-order valence-electron chi connectivity index (χ2n) is 5.91. The van der Waals surface area contributed by atoms with Gasteiger partial charge in [0.1, 0.15) is 0 Å². The van der Waals surface area contributed by atoms with Crippen molar-refractivity contribution < 1.29 is 9.53 Å². The van der Waals surface area contributed by atoms with Gasteiger partial charge >= 0.3 is 0 Å². The molecule has 1 atom stereocenters. The Labute approximate surface area is 127 Å². The monoisotopic (exact) mass is 290 g/mol. The van der Waals surface area contributed by atoms with Crippen LogP contribution in [0.5, 0.6) is 0 Å². The first kappa shape index (κ1) is 16.0. The fraction of sp³-hybridized carbons (Fsp3) is 0.588. The van der Waals surface area contributed by atoms with E-state index in [4.69, 9.17) is 10.5 Å². The zero-order chi connectivity index (χ0) is 15.1. The zero-order valence-electron chi connectivity index (χ0n) is 12.8. The first-order chi connectivity index (χ1) is 10.2. The van der Waals surface area contributed by atoms with Crippen LogP contribution >= 0.6 is 0 Å². The van der Waals surface area contributed by atoms with Gasteiger partial charge in [-0.05, 0) is 37.2 Å². The van der Waals surface area contributed by atoms with Crippen LogP contribution in [0.25, 0.3) is 0 Å². The first-order valence-corrected chi connectivity index (χ1v) is 7.79. The van der Waals surface area contributed by atoms with E-state index in [0.717, 1.165) is 39.0 Å². The molecule has 0 spiro atoms. The number of hydrogen-bond donors (Lipinski definition) is 1. The number of nitrogens with zero attached hydrogens (tertiary/aromatic N) is 1. The molecule has 1 aromatic rings. The SMILES string of the molecule is CN(CC1CCOCC1)C(=O)[C@@H](N)CCc1ccccc1. The van der Waals surface area contributed by atoms with Crippen molar-refractivity contribution in [3.63, 3.8) is 0 Å². The van der Waals surface area contributed by atoms with Crippen LogP contribution in [-0.2, 0) is 16.0 Å². The second kappa shape index (κ2) is 8.15. The molecule has 4 nitrogen and oxygen atoms in total. The van der Waals surface area contributed by atoms with Gasteiger partial charge in [-0.15, -0.1) is 0 Å². The number of rotatable bonds is 6. The van der Waals surface area contributed by atoms with Crippen LogP contribution in [0.4, 0.5) is 0 Å². The Morgan fingerprint density at radius 1 is 1.33 bits per heavy atom. The van der Waals surface area contributed by atoms with Gasteiger partial charge in [0.05, 0.1) is 6.04 Å². The Kier molecular flexibility index (Phi) is 6.21. The van der Waals surface area contributed by atoms with Gasteiger partial charge in [0.15, 0.2) is 0 Å². The minimum absolute atomic E-state index is 0.0532. The van der Waals surface area contributed by atoms with E-state index in [2.05, 4.69) is 12.1 Å². The number of carbonyl (C=O) groups is 1. The minimum Gasteiger partial charge on any atom is -0.381 e. The normalized spacial score (nSPS) is 17.4. The lowest BCUT2D eigenvalue weighted by Crippen LogP contribution is -2.44. The largest absolute Gasteiger partial charge is 0.381 e. The highest BCUT2D eigenvalue weighted by molar-refractivity contribution is 5.81. The predicted molar refractivity (Wildman–Crippen MR) is 83.9 cm³/mol. The molecule has 0 aromatic heterocycles. The molecule has 1 heterocycles. The Morgan fingerprint density at radius 3 is 2.67 bits per heavy atom. The summed E-state index contributed by atoms with van der Waals surface area (Å²) in [5.41, 5.74) is 7.28. The second-order valence-corrected chi connectivity index (χ2v) is 5.91. The molecule has 2 rings (SSSR count). The Hall–Kier alpha value is -1.39. The Bertz CT molecular complexity index is 430. The van der Waals surface area contributed by atoms with Crippen molar-refractivity contribution in [2.75, 3.05) is 26.8 Å². The van der Waals surface area contributed by atoms with Gasteiger partial charge in [-0.25, -0.2) is 0 Å². The Balaban J connectivity index is 1.75. The molecule has 1 saturated heterocycles. The molecular formula is C17H26N2O2. The lowest BCUT2D eigenvalue weighted by molar-refractivity contribution is -0.132. The third-order valence-corrected chi connectivity index (χ3v) is 4.15. The summed E-state index contributed by atoms with van der Waals surface area (Å²) < 4.78 is 5.35. The highest BCUT2D eigenvalue weighted by atomic mass is 16.5. The van der Waals surface area contributed by atoms with Crippen molar-refractivity contribution in [2.24, 2.45) is 11.7 Å². The van der Waals surface area contributed by atoms with Crippen molar-refractivity contribution >= 4 is 5.91 Å². The number of aryl methyl sites for hydroxylation is 1. The van der Waals surface area contributed by atoms with Crippen LogP contribution in [0, 0.1) is 5.92 Å². The highest BCUT2D eigenvalue weighted by Gasteiger charge is 2.22. The number of carbonyl (C=O) groups excluding carboxylic acids is 1. The predicted octanol–water partition coefficient (Wildman–Crippen LogP) is 1.83. The van der Waals surface area contributed by atoms with E-state index in [-0.39, 0.29) is 5.91 Å². The molecule has 0 saturated carbocycles. The maximum absolute atomic E-state index is 12.3. The molecule has 2 N–H and O–H groups in total. The average Bonchev–Trinajstić information content (AvgIpc) is 2.53. The van der Waals surface area contributed by atoms with Crippen LogP contribution in [0.2, 0.25) is 0 Å². The first-order valence-electron chi connectivity index (χ1n) is 7.79. The quantitative estimate of drug-likeness (QED) is 0.869. The highest BCUT2D eigenvalue weighted by Crippen LogP contribution is 2.16. The van der Waals surface area contributed by atoms with Crippen LogP contribution < -0.4 is 5.73 Å². The van der Waals surface area contributed by atoms with Gasteiger partial charge in [-0.3, -0.25) is 4.79 Å². The fourth-order valence-corrected chi connectivity index (χ4v) is 2.78. The fourth-order valence-electron chi connectivity index (χ4n) is 2.78. The average molecular weight is 290 g/mol. The van der Waals surface area contributed by atoms with Crippen molar-refractivity contribution in [2.45, 2.75) is 31.7 Å². The summed E-state index contributed by atoms with van der Waals surface area (Å²) in [5.74, 6) is 0.603. The number of likely N-dealkylation sites (N-methyl/N-ethyl adjacent to an activating group) is 1. The molecule has 1 fully saturated rings. The van der Waals surface area contributed by atoms with Crippen molar-refractivity contribution in [3.05, 3.63) is 35.9 Å². The van der Waals surface area contributed by atoms with E-state index in [1.165, 1.54) is 5.56 Å². The molecule has 4 heteroatoms. The maximum Gasteiger partial charge on any atom is 0.239 e. The van der Waals surface area contributed by atoms with Crippen LogP contribution in [-0.4, -0.2) is 43.7 Å². The van der Waals surface area contributed by atoms with E-state index in [9.17, 15) is 4.79 Å². The number of benzene rings is 1. The minimum atomic E-state index is -0.407. The standard InChI is InChI=1S/C17H26N2O2/c1-19(13-15-9-11-21-12-10-15)17(20)16(18)8-7-14-5-3-2-4-6-14/h2-6,15-16H,7-13,18H2,1H3/t16-/m0/s1. The molecule has 1 aromatic carbocycles. The summed E-state index contributed by atoms with van der Waals surface area (Å²) in [6, 6.07) is 9.76. The molecule has 0 aliphatic carbocycles. The number of nitrogens with two attached hydrogens (primary N) is 1. The molecule has 116 valence electrons. The number of amides is 1. The van der Waals surface area contributed by atoms with Gasteiger partial charge in [-0.1, -0.05) is 30.3 Å². The molecule has 1 aliphatic heterocycles. The van der Waals surface area contributed by atoms with E-state index >= 15 is 0 Å². The Morgan fingerprint density at radius 2 is 2.00 bits per heavy atom. The zero-order valence-corrected chi connectivity index (χ0v) is 12.8. The summed E-state index contributed by atoms with van der Waals surface area (Å²) in [6.45, 7) is 2.42. The van der Waals surface area contributed by atoms with E-state index < -0.39 is 6.04 Å². The topological polar surface area (TPSA) is 55.6 Å². The lowest BCUT2D eigenvalue weighted by atomic mass is 9.99. The molecule has 1 aliphatic rings.